The summed E-state index contributed by atoms with van der Waals surface area (Å²) in [6.45, 7) is 1.82. The van der Waals surface area contributed by atoms with Gasteiger partial charge in [0.1, 0.15) is 11.5 Å². The minimum atomic E-state index is -0.700. The molecule has 1 aromatic heterocycles. The maximum Gasteiger partial charge on any atom is 0.332 e. The highest BCUT2D eigenvalue weighted by Gasteiger charge is 1.92. The van der Waals surface area contributed by atoms with Crippen LogP contribution in [0.25, 0.3) is 0 Å². The van der Waals surface area contributed by atoms with Crippen LogP contribution in [-0.4, -0.2) is 12.2 Å². The lowest BCUT2D eigenvalue weighted by Crippen LogP contribution is -2.24. The zero-order chi connectivity index (χ0) is 8.97. The average Bonchev–Trinajstić information content (AvgIpc) is 2.35. The van der Waals surface area contributed by atoms with E-state index < -0.39 is 6.03 Å². The molecule has 64 valence electrons. The van der Waals surface area contributed by atoms with Crippen molar-refractivity contribution in [2.45, 2.75) is 6.92 Å². The van der Waals surface area contributed by atoms with Crippen molar-refractivity contribution in [3.8, 4) is 0 Å². The molecule has 0 saturated heterocycles. The van der Waals surface area contributed by atoms with Crippen molar-refractivity contribution in [3.63, 3.8) is 0 Å². The highest BCUT2D eigenvalue weighted by atomic mass is 16.3. The molecular formula is C7H9N3O2. The fraction of sp³-hybridized carbons (Fsp3) is 0.143. The monoisotopic (exact) mass is 167 g/mol. The van der Waals surface area contributed by atoms with E-state index in [2.05, 4.69) is 10.5 Å². The first-order valence-electron chi connectivity index (χ1n) is 3.33. The Morgan fingerprint density at radius 2 is 2.50 bits per heavy atom. The quantitative estimate of drug-likeness (QED) is 0.499. The predicted molar refractivity (Wildman–Crippen MR) is 43.8 cm³/mol. The van der Waals surface area contributed by atoms with Gasteiger partial charge in [-0.1, -0.05) is 0 Å². The second-order valence-corrected chi connectivity index (χ2v) is 2.18. The third-order valence-corrected chi connectivity index (χ3v) is 1.13. The highest BCUT2D eigenvalue weighted by molar-refractivity contribution is 5.78. The van der Waals surface area contributed by atoms with Gasteiger partial charge in [0.15, 0.2) is 0 Å². The Kier molecular flexibility index (Phi) is 2.47. The molecule has 1 rings (SSSR count). The van der Waals surface area contributed by atoms with Crippen molar-refractivity contribution in [2.75, 3.05) is 0 Å². The van der Waals surface area contributed by atoms with Gasteiger partial charge in [-0.2, -0.15) is 5.10 Å². The largest absolute Gasteiger partial charge is 0.460 e. The smallest absolute Gasteiger partial charge is 0.332 e. The number of aryl methyl sites for hydroxylation is 1. The summed E-state index contributed by atoms with van der Waals surface area (Å²) in [5, 5.41) is 3.51. The van der Waals surface area contributed by atoms with Crippen LogP contribution < -0.4 is 11.2 Å². The molecule has 0 atom stereocenters. The van der Waals surface area contributed by atoms with Crippen LogP contribution in [0.3, 0.4) is 0 Å². The minimum Gasteiger partial charge on any atom is -0.460 e. The molecule has 0 aliphatic heterocycles. The number of nitrogens with zero attached hydrogens (tertiary/aromatic N) is 1. The van der Waals surface area contributed by atoms with E-state index in [-0.39, 0.29) is 0 Å². The molecule has 3 N–H and O–H groups in total. The van der Waals surface area contributed by atoms with E-state index in [0.717, 1.165) is 5.76 Å². The third kappa shape index (κ3) is 2.45. The number of nitrogens with two attached hydrogens (primary N) is 1. The Morgan fingerprint density at radius 3 is 3.00 bits per heavy atom. The van der Waals surface area contributed by atoms with Gasteiger partial charge in [0.2, 0.25) is 0 Å². The Labute approximate surface area is 69.2 Å². The molecule has 12 heavy (non-hydrogen) atoms. The number of hydrazone groups is 1. The summed E-state index contributed by atoms with van der Waals surface area (Å²) in [6, 6.07) is 2.84. The molecule has 1 heterocycles. The summed E-state index contributed by atoms with van der Waals surface area (Å²) >= 11 is 0. The zero-order valence-corrected chi connectivity index (χ0v) is 6.57. The molecule has 0 bridgehead atoms. The van der Waals surface area contributed by atoms with Gasteiger partial charge in [-0.05, 0) is 19.1 Å². The zero-order valence-electron chi connectivity index (χ0n) is 6.57. The third-order valence-electron chi connectivity index (χ3n) is 1.13. The number of hydrogen-bond donors (Lipinski definition) is 2. The fourth-order valence-corrected chi connectivity index (χ4v) is 0.682. The molecule has 2 amide bonds. The van der Waals surface area contributed by atoms with Gasteiger partial charge in [0.05, 0.1) is 6.21 Å². The van der Waals surface area contributed by atoms with E-state index in [1.807, 2.05) is 6.92 Å². The van der Waals surface area contributed by atoms with Crippen molar-refractivity contribution < 1.29 is 9.21 Å². The molecular weight excluding hydrogens is 158 g/mol. The molecule has 0 aliphatic rings. The maximum absolute atomic E-state index is 10.2. The summed E-state index contributed by atoms with van der Waals surface area (Å²) in [5.74, 6) is 1.36. The van der Waals surface area contributed by atoms with Gasteiger partial charge < -0.3 is 10.2 Å². The lowest BCUT2D eigenvalue weighted by atomic mass is 10.4. The molecule has 0 saturated carbocycles. The Balaban J connectivity index is 2.52. The Bertz CT molecular complexity index is 303. The maximum atomic E-state index is 10.2. The topological polar surface area (TPSA) is 80.6 Å². The minimum absolute atomic E-state index is 0.571. The van der Waals surface area contributed by atoms with Gasteiger partial charge in [-0.15, -0.1) is 0 Å². The highest BCUT2D eigenvalue weighted by Crippen LogP contribution is 2.02. The standard InChI is InChI=1S/C7H9N3O2/c1-5-2-3-6(12-5)4-9-10-7(8)11/h2-4H,1H3,(H3,8,10,11)/b9-4-. The molecule has 0 unspecified atom stereocenters. The van der Waals surface area contributed by atoms with Crippen LogP contribution >= 0.6 is 0 Å². The molecule has 5 heteroatoms. The van der Waals surface area contributed by atoms with Crippen molar-refractivity contribution in [1.82, 2.24) is 5.43 Å². The number of rotatable bonds is 2. The van der Waals surface area contributed by atoms with E-state index in [0.29, 0.717) is 5.76 Å². The van der Waals surface area contributed by atoms with E-state index in [1.165, 1.54) is 6.21 Å². The number of carbonyl (C=O) groups is 1. The van der Waals surface area contributed by atoms with Crippen molar-refractivity contribution in [1.29, 1.82) is 0 Å². The first-order chi connectivity index (χ1) is 5.68. The van der Waals surface area contributed by atoms with Crippen LogP contribution in [-0.2, 0) is 0 Å². The van der Waals surface area contributed by atoms with E-state index in [9.17, 15) is 4.79 Å². The van der Waals surface area contributed by atoms with Gasteiger partial charge in [-0.3, -0.25) is 0 Å². The molecule has 0 radical (unpaired) electrons. The predicted octanol–water partition coefficient (Wildman–Crippen LogP) is 0.590. The van der Waals surface area contributed by atoms with Crippen LogP contribution in [0.2, 0.25) is 0 Å². The molecule has 0 fully saturated rings. The lowest BCUT2D eigenvalue weighted by Gasteiger charge is -1.88. The van der Waals surface area contributed by atoms with Gasteiger partial charge in [0.25, 0.3) is 0 Å². The summed E-state index contributed by atoms with van der Waals surface area (Å²) < 4.78 is 5.12. The van der Waals surface area contributed by atoms with Crippen molar-refractivity contribution in [3.05, 3.63) is 23.7 Å². The first kappa shape index (κ1) is 8.32. The fourth-order valence-electron chi connectivity index (χ4n) is 0.682. The van der Waals surface area contributed by atoms with Crippen molar-refractivity contribution in [2.24, 2.45) is 10.8 Å². The van der Waals surface area contributed by atoms with Crippen LogP contribution in [0.5, 0.6) is 0 Å². The molecule has 0 aromatic carbocycles. The molecule has 0 spiro atoms. The number of urea groups is 1. The first-order valence-corrected chi connectivity index (χ1v) is 3.33. The number of carbonyl (C=O) groups excluding carboxylic acids is 1. The summed E-state index contributed by atoms with van der Waals surface area (Å²) in [5.41, 5.74) is 6.82. The number of primary amides is 1. The number of amides is 2. The van der Waals surface area contributed by atoms with Crippen LogP contribution in [0, 0.1) is 6.92 Å². The number of hydrogen-bond acceptors (Lipinski definition) is 3. The van der Waals surface area contributed by atoms with Gasteiger partial charge >= 0.3 is 6.03 Å². The van der Waals surface area contributed by atoms with Gasteiger partial charge in [0, 0.05) is 0 Å². The normalized spacial score (nSPS) is 10.4. The average molecular weight is 167 g/mol. The summed E-state index contributed by atoms with van der Waals surface area (Å²) in [7, 11) is 0. The lowest BCUT2D eigenvalue weighted by molar-refractivity contribution is 0.249. The number of nitrogens with one attached hydrogen (secondary N) is 1. The SMILES string of the molecule is Cc1ccc(/C=N\NC(N)=O)o1. The van der Waals surface area contributed by atoms with Crippen LogP contribution in [0.15, 0.2) is 21.7 Å². The Hall–Kier alpha value is -1.78. The van der Waals surface area contributed by atoms with E-state index in [4.69, 9.17) is 10.2 Å². The number of furan rings is 1. The summed E-state index contributed by atoms with van der Waals surface area (Å²) in [6.07, 6.45) is 1.37. The second kappa shape index (κ2) is 3.56. The second-order valence-electron chi connectivity index (χ2n) is 2.18. The molecule has 0 aliphatic carbocycles. The van der Waals surface area contributed by atoms with Gasteiger partial charge in [-0.25, -0.2) is 10.2 Å². The van der Waals surface area contributed by atoms with Crippen LogP contribution in [0.1, 0.15) is 11.5 Å². The molecule has 1 aromatic rings. The summed E-state index contributed by atoms with van der Waals surface area (Å²) in [4.78, 5) is 10.2. The van der Waals surface area contributed by atoms with E-state index >= 15 is 0 Å². The molecule has 5 nitrogen and oxygen atoms in total. The van der Waals surface area contributed by atoms with E-state index in [1.54, 1.807) is 12.1 Å². The Morgan fingerprint density at radius 1 is 1.75 bits per heavy atom. The van der Waals surface area contributed by atoms with Crippen LogP contribution in [0.4, 0.5) is 4.79 Å². The van der Waals surface area contributed by atoms with Crippen molar-refractivity contribution >= 4 is 12.2 Å².